The minimum absolute atomic E-state index is 1.19. The van der Waals surface area contributed by atoms with E-state index in [9.17, 15) is 0 Å². The van der Waals surface area contributed by atoms with E-state index in [0.717, 1.165) is 0 Å². The average molecular weight is 502 g/mol. The summed E-state index contributed by atoms with van der Waals surface area (Å²) in [6.45, 7) is 0. The van der Waals surface area contributed by atoms with Gasteiger partial charge in [0.25, 0.3) is 0 Å². The van der Waals surface area contributed by atoms with Crippen LogP contribution in [-0.4, -0.2) is 4.57 Å². The molecule has 8 aromatic rings. The van der Waals surface area contributed by atoms with Crippen LogP contribution >= 0.6 is 11.3 Å². The van der Waals surface area contributed by atoms with E-state index in [-0.39, 0.29) is 0 Å². The normalized spacial score (nSPS) is 11.7. The van der Waals surface area contributed by atoms with Gasteiger partial charge in [0.2, 0.25) is 0 Å². The molecule has 0 atom stereocenters. The molecule has 0 aliphatic carbocycles. The van der Waals surface area contributed by atoms with E-state index < -0.39 is 0 Å². The van der Waals surface area contributed by atoms with Gasteiger partial charge in [-0.2, -0.15) is 0 Å². The summed E-state index contributed by atoms with van der Waals surface area (Å²) < 4.78 is 5.12. The first-order chi connectivity index (χ1) is 18.8. The molecule has 0 radical (unpaired) electrons. The number of fused-ring (bicyclic) bond motifs is 6. The maximum absolute atomic E-state index is 2.47. The highest BCUT2D eigenvalue weighted by molar-refractivity contribution is 7.25. The minimum Gasteiger partial charge on any atom is -0.309 e. The van der Waals surface area contributed by atoms with E-state index in [0.29, 0.717) is 0 Å². The standard InChI is InChI=1S/C36H23NS/c1-3-11-24(12-4-1)26-21-30(25-13-5-2-6-14-25)36-32(22-26)28-15-7-9-17-33(28)37(36)27-19-20-35-31(23-27)29-16-8-10-18-34(29)38-35/h1-23H. The summed E-state index contributed by atoms with van der Waals surface area (Å²) in [4.78, 5) is 0. The fourth-order valence-electron chi connectivity index (χ4n) is 5.85. The lowest BCUT2D eigenvalue weighted by molar-refractivity contribution is 1.19. The van der Waals surface area contributed by atoms with E-state index in [1.165, 1.54) is 69.9 Å². The topological polar surface area (TPSA) is 4.93 Å². The van der Waals surface area contributed by atoms with Crippen LogP contribution in [0.2, 0.25) is 0 Å². The monoisotopic (exact) mass is 501 g/mol. The second-order valence-electron chi connectivity index (χ2n) is 9.78. The van der Waals surface area contributed by atoms with Gasteiger partial charge in [0.05, 0.1) is 11.0 Å². The van der Waals surface area contributed by atoms with Gasteiger partial charge in [-0.25, -0.2) is 0 Å². The van der Waals surface area contributed by atoms with Crippen LogP contribution in [0.15, 0.2) is 140 Å². The first-order valence-electron chi connectivity index (χ1n) is 12.9. The largest absolute Gasteiger partial charge is 0.309 e. The van der Waals surface area contributed by atoms with Gasteiger partial charge in [-0.3, -0.25) is 0 Å². The van der Waals surface area contributed by atoms with Crippen molar-refractivity contribution in [3.05, 3.63) is 140 Å². The number of hydrogen-bond acceptors (Lipinski definition) is 1. The zero-order valence-corrected chi connectivity index (χ0v) is 21.5. The lowest BCUT2D eigenvalue weighted by atomic mass is 9.95. The zero-order valence-electron chi connectivity index (χ0n) is 20.6. The van der Waals surface area contributed by atoms with Crippen LogP contribution in [0.1, 0.15) is 0 Å². The number of nitrogens with zero attached hydrogens (tertiary/aromatic N) is 1. The number of rotatable bonds is 3. The van der Waals surface area contributed by atoms with Crippen LogP contribution < -0.4 is 0 Å². The summed E-state index contributed by atoms with van der Waals surface area (Å²) in [6.07, 6.45) is 0. The van der Waals surface area contributed by atoms with Crippen molar-refractivity contribution in [3.63, 3.8) is 0 Å². The van der Waals surface area contributed by atoms with Crippen molar-refractivity contribution in [2.24, 2.45) is 0 Å². The van der Waals surface area contributed by atoms with E-state index in [1.807, 2.05) is 11.3 Å². The van der Waals surface area contributed by atoms with Crippen LogP contribution in [-0.2, 0) is 0 Å². The van der Waals surface area contributed by atoms with Gasteiger partial charge >= 0.3 is 0 Å². The van der Waals surface area contributed by atoms with Gasteiger partial charge in [0, 0.05) is 42.2 Å². The average Bonchev–Trinajstić information content (AvgIpc) is 3.53. The molecule has 2 aromatic heterocycles. The Balaban J connectivity index is 1.52. The van der Waals surface area contributed by atoms with Crippen molar-refractivity contribution in [3.8, 4) is 27.9 Å². The smallest absolute Gasteiger partial charge is 0.0619 e. The molecule has 2 heterocycles. The van der Waals surface area contributed by atoms with Gasteiger partial charge in [-0.1, -0.05) is 97.1 Å². The van der Waals surface area contributed by atoms with Gasteiger partial charge in [-0.05, 0) is 59.2 Å². The van der Waals surface area contributed by atoms with Gasteiger partial charge in [0.15, 0.2) is 0 Å². The maximum Gasteiger partial charge on any atom is 0.0619 e. The molecule has 0 aliphatic heterocycles. The summed E-state index contributed by atoms with van der Waals surface area (Å²) in [5.41, 5.74) is 8.60. The van der Waals surface area contributed by atoms with E-state index in [1.54, 1.807) is 0 Å². The molecule has 6 aromatic carbocycles. The molecule has 0 saturated heterocycles. The van der Waals surface area contributed by atoms with Crippen LogP contribution in [0, 0.1) is 0 Å². The number of benzene rings is 6. The Hall–Kier alpha value is -4.66. The molecule has 38 heavy (non-hydrogen) atoms. The minimum atomic E-state index is 1.19. The summed E-state index contributed by atoms with van der Waals surface area (Å²) >= 11 is 1.87. The quantitative estimate of drug-likeness (QED) is 0.227. The molecule has 8 rings (SSSR count). The second-order valence-corrected chi connectivity index (χ2v) is 10.9. The van der Waals surface area contributed by atoms with Crippen molar-refractivity contribution in [1.29, 1.82) is 0 Å². The molecular formula is C36H23NS. The zero-order chi connectivity index (χ0) is 25.1. The Morgan fingerprint density at radius 2 is 1.08 bits per heavy atom. The Morgan fingerprint density at radius 1 is 0.421 bits per heavy atom. The Morgan fingerprint density at radius 3 is 1.89 bits per heavy atom. The predicted molar refractivity (Wildman–Crippen MR) is 165 cm³/mol. The number of aromatic nitrogens is 1. The third-order valence-electron chi connectivity index (χ3n) is 7.58. The van der Waals surface area contributed by atoms with Crippen molar-refractivity contribution >= 4 is 53.3 Å². The SMILES string of the molecule is c1ccc(-c2cc(-c3ccccc3)c3c(c2)c2ccccc2n3-c2ccc3sc4ccccc4c3c2)cc1. The second kappa shape index (κ2) is 8.44. The fourth-order valence-corrected chi connectivity index (χ4v) is 6.94. The van der Waals surface area contributed by atoms with Gasteiger partial charge < -0.3 is 4.57 Å². The van der Waals surface area contributed by atoms with Gasteiger partial charge in [-0.15, -0.1) is 11.3 Å². The van der Waals surface area contributed by atoms with Crippen molar-refractivity contribution in [1.82, 2.24) is 4.57 Å². The fraction of sp³-hybridized carbons (Fsp3) is 0. The summed E-state index contributed by atoms with van der Waals surface area (Å²) in [5.74, 6) is 0. The highest BCUT2D eigenvalue weighted by Gasteiger charge is 2.19. The lowest BCUT2D eigenvalue weighted by Gasteiger charge is -2.14. The molecule has 0 spiro atoms. The van der Waals surface area contributed by atoms with E-state index in [2.05, 4.69) is 144 Å². The highest BCUT2D eigenvalue weighted by atomic mass is 32.1. The molecule has 0 bridgehead atoms. The molecular weight excluding hydrogens is 478 g/mol. The number of para-hydroxylation sites is 1. The molecule has 0 amide bonds. The predicted octanol–water partition coefficient (Wildman–Crippen LogP) is 10.5. The third-order valence-corrected chi connectivity index (χ3v) is 8.73. The van der Waals surface area contributed by atoms with Gasteiger partial charge in [0.1, 0.15) is 0 Å². The maximum atomic E-state index is 2.47. The highest BCUT2D eigenvalue weighted by Crippen LogP contribution is 2.42. The molecule has 1 nitrogen and oxygen atoms in total. The van der Waals surface area contributed by atoms with Crippen LogP contribution in [0.5, 0.6) is 0 Å². The molecule has 2 heteroatoms. The summed E-state index contributed by atoms with van der Waals surface area (Å²) in [5, 5.41) is 5.18. The molecule has 0 fully saturated rings. The van der Waals surface area contributed by atoms with Crippen LogP contribution in [0.3, 0.4) is 0 Å². The van der Waals surface area contributed by atoms with Crippen molar-refractivity contribution in [2.75, 3.05) is 0 Å². The van der Waals surface area contributed by atoms with Crippen LogP contribution in [0.4, 0.5) is 0 Å². The molecule has 0 N–H and O–H groups in total. The molecule has 0 unspecified atom stereocenters. The Bertz CT molecular complexity index is 2110. The third kappa shape index (κ3) is 3.24. The number of thiophene rings is 1. The molecule has 178 valence electrons. The first-order valence-corrected chi connectivity index (χ1v) is 13.8. The van der Waals surface area contributed by atoms with E-state index >= 15 is 0 Å². The number of hydrogen-bond donors (Lipinski definition) is 0. The Kier molecular flexibility index (Phi) is 4.76. The summed E-state index contributed by atoms with van der Waals surface area (Å²) in [7, 11) is 0. The Labute approximate surface area is 224 Å². The van der Waals surface area contributed by atoms with Crippen molar-refractivity contribution < 1.29 is 0 Å². The first kappa shape index (κ1) is 21.4. The lowest BCUT2D eigenvalue weighted by Crippen LogP contribution is -1.96. The van der Waals surface area contributed by atoms with Crippen LogP contribution in [0.25, 0.3) is 69.9 Å². The van der Waals surface area contributed by atoms with Crippen molar-refractivity contribution in [2.45, 2.75) is 0 Å². The molecule has 0 aliphatic rings. The molecule has 0 saturated carbocycles. The summed E-state index contributed by atoms with van der Waals surface area (Å²) in [6, 6.07) is 50.7. The van der Waals surface area contributed by atoms with E-state index in [4.69, 9.17) is 0 Å².